The first-order chi connectivity index (χ1) is 3.70. The Morgan fingerprint density at radius 2 is 2.12 bits per heavy atom. The largest absolute Gasteiger partial charge is 0.303 e. The van der Waals surface area contributed by atoms with Gasteiger partial charge in [-0.15, -0.1) is 0 Å². The maximum atomic E-state index is 12.5. The molecule has 0 spiro atoms. The molecule has 0 aromatic rings. The van der Waals surface area contributed by atoms with Crippen molar-refractivity contribution in [2.45, 2.75) is 13.1 Å². The summed E-state index contributed by atoms with van der Waals surface area (Å²) in [7, 11) is 1.95. The van der Waals surface area contributed by atoms with Gasteiger partial charge in [-0.1, -0.05) is 6.92 Å². The predicted molar refractivity (Wildman–Crippen MR) is 31.6 cm³/mol. The molecule has 1 rings (SSSR count). The average molecular weight is 117 g/mol. The zero-order valence-corrected chi connectivity index (χ0v) is 5.39. The third kappa shape index (κ3) is 0.996. The Morgan fingerprint density at radius 1 is 1.50 bits per heavy atom. The van der Waals surface area contributed by atoms with Gasteiger partial charge in [-0.3, -0.25) is 0 Å². The van der Waals surface area contributed by atoms with Crippen LogP contribution in [0.25, 0.3) is 0 Å². The molecule has 0 bridgehead atoms. The normalized spacial score (nSPS) is 40.9. The van der Waals surface area contributed by atoms with E-state index in [1.54, 1.807) is 0 Å². The maximum Gasteiger partial charge on any atom is 0.116 e. The van der Waals surface area contributed by atoms with Crippen LogP contribution < -0.4 is 0 Å². The van der Waals surface area contributed by atoms with Gasteiger partial charge in [0.05, 0.1) is 0 Å². The van der Waals surface area contributed by atoms with Gasteiger partial charge in [0.2, 0.25) is 0 Å². The highest BCUT2D eigenvalue weighted by molar-refractivity contribution is 4.78. The van der Waals surface area contributed by atoms with Crippen LogP contribution in [0.1, 0.15) is 6.92 Å². The fraction of sp³-hybridized carbons (Fsp3) is 1.00. The molecule has 1 heterocycles. The second-order valence-corrected chi connectivity index (χ2v) is 2.71. The Bertz CT molecular complexity index is 74.6. The van der Waals surface area contributed by atoms with Crippen LogP contribution in [0.3, 0.4) is 0 Å². The standard InChI is InChI=1S/C6H12FN/c1-5-3-8(2)4-6(5)7/h5-6H,3-4H2,1-2H3/t5?,6-/m1/s1. The summed E-state index contributed by atoms with van der Waals surface area (Å²) in [6.45, 7) is 3.50. The molecule has 1 fully saturated rings. The molecule has 2 atom stereocenters. The SMILES string of the molecule is CC1CN(C)C[C@H]1F. The van der Waals surface area contributed by atoms with Crippen LogP contribution in [0.4, 0.5) is 4.39 Å². The Labute approximate surface area is 49.5 Å². The minimum absolute atomic E-state index is 0.250. The number of nitrogens with zero attached hydrogens (tertiary/aromatic N) is 1. The van der Waals surface area contributed by atoms with Crippen LogP contribution in [0.2, 0.25) is 0 Å². The molecule has 1 unspecified atom stereocenters. The molecule has 0 aromatic carbocycles. The number of halogens is 1. The monoisotopic (exact) mass is 117 g/mol. The lowest BCUT2D eigenvalue weighted by atomic mass is 10.1. The van der Waals surface area contributed by atoms with E-state index in [0.29, 0.717) is 6.54 Å². The molecule has 0 saturated carbocycles. The van der Waals surface area contributed by atoms with E-state index in [2.05, 4.69) is 0 Å². The molecule has 48 valence electrons. The smallest absolute Gasteiger partial charge is 0.116 e. The molecule has 0 N–H and O–H groups in total. The quantitative estimate of drug-likeness (QED) is 0.455. The molecule has 1 aliphatic heterocycles. The summed E-state index contributed by atoms with van der Waals surface area (Å²) >= 11 is 0. The van der Waals surface area contributed by atoms with Gasteiger partial charge >= 0.3 is 0 Å². The summed E-state index contributed by atoms with van der Waals surface area (Å²) < 4.78 is 12.5. The zero-order chi connectivity index (χ0) is 6.15. The van der Waals surface area contributed by atoms with E-state index >= 15 is 0 Å². The molecule has 8 heavy (non-hydrogen) atoms. The van der Waals surface area contributed by atoms with Gasteiger partial charge < -0.3 is 4.90 Å². The molecule has 1 aliphatic rings. The van der Waals surface area contributed by atoms with Gasteiger partial charge in [-0.05, 0) is 7.05 Å². The molecule has 0 radical (unpaired) electrons. The number of likely N-dealkylation sites (tertiary alicyclic amines) is 1. The maximum absolute atomic E-state index is 12.5. The molecular formula is C6H12FN. The molecule has 1 saturated heterocycles. The summed E-state index contributed by atoms with van der Waals surface area (Å²) in [5.41, 5.74) is 0. The Morgan fingerprint density at radius 3 is 2.25 bits per heavy atom. The van der Waals surface area contributed by atoms with Gasteiger partial charge in [-0.25, -0.2) is 4.39 Å². The van der Waals surface area contributed by atoms with Gasteiger partial charge in [0, 0.05) is 19.0 Å². The minimum atomic E-state index is -0.583. The van der Waals surface area contributed by atoms with Gasteiger partial charge in [-0.2, -0.15) is 0 Å². The summed E-state index contributed by atoms with van der Waals surface area (Å²) in [4.78, 5) is 2.02. The topological polar surface area (TPSA) is 3.24 Å². The first-order valence-electron chi connectivity index (χ1n) is 3.03. The van der Waals surface area contributed by atoms with E-state index in [1.165, 1.54) is 0 Å². The minimum Gasteiger partial charge on any atom is -0.303 e. The number of hydrogen-bond donors (Lipinski definition) is 0. The summed E-state index contributed by atoms with van der Waals surface area (Å²) in [5, 5.41) is 0. The van der Waals surface area contributed by atoms with E-state index in [4.69, 9.17) is 0 Å². The van der Waals surface area contributed by atoms with Crippen LogP contribution in [0, 0.1) is 5.92 Å². The van der Waals surface area contributed by atoms with Crippen molar-refractivity contribution >= 4 is 0 Å². The predicted octanol–water partition coefficient (Wildman–Crippen LogP) is 0.906. The van der Waals surface area contributed by atoms with Gasteiger partial charge in [0.15, 0.2) is 0 Å². The van der Waals surface area contributed by atoms with Crippen LogP contribution in [-0.2, 0) is 0 Å². The fourth-order valence-electron chi connectivity index (χ4n) is 1.16. The highest BCUT2D eigenvalue weighted by Crippen LogP contribution is 2.16. The van der Waals surface area contributed by atoms with Crippen molar-refractivity contribution in [3.63, 3.8) is 0 Å². The Hall–Kier alpha value is -0.110. The second-order valence-electron chi connectivity index (χ2n) is 2.71. The molecule has 0 amide bonds. The Balaban J connectivity index is 2.39. The number of rotatable bonds is 0. The van der Waals surface area contributed by atoms with Crippen molar-refractivity contribution in [1.82, 2.24) is 4.90 Å². The zero-order valence-electron chi connectivity index (χ0n) is 5.39. The van der Waals surface area contributed by atoms with Crippen LogP contribution in [0.15, 0.2) is 0 Å². The Kier molecular flexibility index (Phi) is 1.52. The van der Waals surface area contributed by atoms with Crippen molar-refractivity contribution in [3.05, 3.63) is 0 Å². The number of hydrogen-bond acceptors (Lipinski definition) is 1. The first kappa shape index (κ1) is 6.02. The number of alkyl halides is 1. The van der Waals surface area contributed by atoms with Crippen molar-refractivity contribution in [3.8, 4) is 0 Å². The van der Waals surface area contributed by atoms with Crippen LogP contribution in [0.5, 0.6) is 0 Å². The van der Waals surface area contributed by atoms with E-state index in [-0.39, 0.29) is 5.92 Å². The summed E-state index contributed by atoms with van der Waals surface area (Å²) in [6, 6.07) is 0. The molecule has 0 aromatic heterocycles. The van der Waals surface area contributed by atoms with Crippen molar-refractivity contribution in [2.75, 3.05) is 20.1 Å². The fourth-order valence-corrected chi connectivity index (χ4v) is 1.16. The third-order valence-corrected chi connectivity index (χ3v) is 1.70. The third-order valence-electron chi connectivity index (χ3n) is 1.70. The van der Waals surface area contributed by atoms with Crippen LogP contribution >= 0.6 is 0 Å². The average Bonchev–Trinajstić information content (AvgIpc) is 1.85. The van der Waals surface area contributed by atoms with Gasteiger partial charge in [0.1, 0.15) is 6.17 Å². The molecular weight excluding hydrogens is 105 g/mol. The van der Waals surface area contributed by atoms with Crippen molar-refractivity contribution in [2.24, 2.45) is 5.92 Å². The first-order valence-corrected chi connectivity index (χ1v) is 3.03. The van der Waals surface area contributed by atoms with Gasteiger partial charge in [0.25, 0.3) is 0 Å². The highest BCUT2D eigenvalue weighted by atomic mass is 19.1. The molecule has 2 heteroatoms. The van der Waals surface area contributed by atoms with Crippen LogP contribution in [-0.4, -0.2) is 31.2 Å². The van der Waals surface area contributed by atoms with Crippen molar-refractivity contribution < 1.29 is 4.39 Å². The highest BCUT2D eigenvalue weighted by Gasteiger charge is 2.26. The van der Waals surface area contributed by atoms with E-state index in [0.717, 1.165) is 6.54 Å². The second kappa shape index (κ2) is 2.02. The van der Waals surface area contributed by atoms with E-state index in [1.807, 2.05) is 18.9 Å². The van der Waals surface area contributed by atoms with Crippen molar-refractivity contribution in [1.29, 1.82) is 0 Å². The molecule has 0 aliphatic carbocycles. The molecule has 1 nitrogen and oxygen atoms in total. The lowest BCUT2D eigenvalue weighted by Gasteiger charge is -2.02. The summed E-state index contributed by atoms with van der Waals surface area (Å²) in [5.74, 6) is 0.250. The lowest BCUT2D eigenvalue weighted by Crippen LogP contribution is -2.13. The summed E-state index contributed by atoms with van der Waals surface area (Å²) in [6.07, 6.45) is -0.583. The lowest BCUT2D eigenvalue weighted by molar-refractivity contribution is 0.289. The van der Waals surface area contributed by atoms with E-state index < -0.39 is 6.17 Å². The van der Waals surface area contributed by atoms with E-state index in [9.17, 15) is 4.39 Å².